The first-order chi connectivity index (χ1) is 11.5. The topological polar surface area (TPSA) is 55.3 Å². The van der Waals surface area contributed by atoms with E-state index in [0.29, 0.717) is 22.6 Å². The van der Waals surface area contributed by atoms with E-state index in [1.165, 1.54) is 7.11 Å². The van der Waals surface area contributed by atoms with Gasteiger partial charge >= 0.3 is 0 Å². The van der Waals surface area contributed by atoms with Gasteiger partial charge in [0.1, 0.15) is 5.69 Å². The van der Waals surface area contributed by atoms with Crippen LogP contribution in [0.15, 0.2) is 42.7 Å². The molecule has 0 saturated carbocycles. The molecule has 2 aromatic heterocycles. The fraction of sp³-hybridized carbons (Fsp3) is 0.211. The summed E-state index contributed by atoms with van der Waals surface area (Å²) in [4.78, 5) is 23.2. The van der Waals surface area contributed by atoms with Crippen LogP contribution in [0.2, 0.25) is 0 Å². The quantitative estimate of drug-likeness (QED) is 0.740. The van der Waals surface area contributed by atoms with Gasteiger partial charge in [-0.2, -0.15) is 0 Å². The van der Waals surface area contributed by atoms with Gasteiger partial charge in [-0.15, -0.1) is 0 Å². The van der Waals surface area contributed by atoms with Crippen LogP contribution in [0.4, 0.5) is 5.69 Å². The normalized spacial score (nSPS) is 10.7. The molecule has 1 aromatic carbocycles. The Morgan fingerprint density at radius 1 is 1.12 bits per heavy atom. The molecule has 0 spiro atoms. The van der Waals surface area contributed by atoms with Crippen molar-refractivity contribution in [1.82, 2.24) is 9.97 Å². The smallest absolute Gasteiger partial charge is 0.260 e. The number of carbonyl (C=O) groups excluding carboxylic acids is 1. The van der Waals surface area contributed by atoms with Crippen molar-refractivity contribution >= 4 is 22.5 Å². The number of fused-ring (bicyclic) bond motifs is 1. The molecule has 3 rings (SSSR count). The highest BCUT2D eigenvalue weighted by atomic mass is 16.5. The molecular formula is C19H19N3O2. The summed E-state index contributed by atoms with van der Waals surface area (Å²) in [5, 5.41) is 0.993. The predicted molar refractivity (Wildman–Crippen MR) is 94.7 cm³/mol. The minimum atomic E-state index is -0.145. The number of benzene rings is 1. The Kier molecular flexibility index (Phi) is 4.16. The molecule has 0 atom stereocenters. The molecule has 0 aliphatic carbocycles. The van der Waals surface area contributed by atoms with Crippen molar-refractivity contribution in [2.75, 3.05) is 19.1 Å². The predicted octanol–water partition coefficient (Wildman–Crippen LogP) is 3.53. The van der Waals surface area contributed by atoms with Gasteiger partial charge in [-0.1, -0.05) is 0 Å². The third-order valence-electron chi connectivity index (χ3n) is 4.05. The lowest BCUT2D eigenvalue weighted by molar-refractivity contribution is 0.0993. The molecule has 1 amide bonds. The van der Waals surface area contributed by atoms with Crippen molar-refractivity contribution in [2.24, 2.45) is 0 Å². The van der Waals surface area contributed by atoms with Gasteiger partial charge in [-0.25, -0.2) is 4.98 Å². The maximum atomic E-state index is 13.1. The minimum Gasteiger partial charge on any atom is -0.480 e. The lowest BCUT2D eigenvalue weighted by Crippen LogP contribution is -2.27. The van der Waals surface area contributed by atoms with Crippen LogP contribution in [0.1, 0.15) is 21.5 Å². The second-order valence-corrected chi connectivity index (χ2v) is 5.73. The number of aromatic nitrogens is 2. The maximum Gasteiger partial charge on any atom is 0.260 e. The second-order valence-electron chi connectivity index (χ2n) is 5.73. The van der Waals surface area contributed by atoms with Gasteiger partial charge in [0, 0.05) is 24.8 Å². The Labute approximate surface area is 140 Å². The molecule has 0 aliphatic rings. The Bertz CT molecular complexity index is 922. The van der Waals surface area contributed by atoms with Crippen molar-refractivity contribution in [3.63, 3.8) is 0 Å². The maximum absolute atomic E-state index is 13.1. The monoisotopic (exact) mass is 321 g/mol. The van der Waals surface area contributed by atoms with Crippen LogP contribution < -0.4 is 9.64 Å². The zero-order valence-corrected chi connectivity index (χ0v) is 14.2. The van der Waals surface area contributed by atoms with E-state index in [4.69, 9.17) is 4.74 Å². The summed E-state index contributed by atoms with van der Waals surface area (Å²) in [7, 11) is 3.25. The number of hydrogen-bond donors (Lipinski definition) is 0. The van der Waals surface area contributed by atoms with Crippen LogP contribution in [0.25, 0.3) is 10.9 Å². The van der Waals surface area contributed by atoms with Crippen LogP contribution in [-0.2, 0) is 0 Å². The lowest BCUT2D eigenvalue weighted by atomic mass is 10.0. The van der Waals surface area contributed by atoms with Gasteiger partial charge < -0.3 is 9.64 Å². The lowest BCUT2D eigenvalue weighted by Gasteiger charge is -2.20. The van der Waals surface area contributed by atoms with E-state index >= 15 is 0 Å². The molecule has 0 bridgehead atoms. The molecule has 0 unspecified atom stereocenters. The van der Waals surface area contributed by atoms with Crippen LogP contribution in [-0.4, -0.2) is 30.0 Å². The van der Waals surface area contributed by atoms with Gasteiger partial charge in [0.15, 0.2) is 0 Å². The molecule has 3 aromatic rings. The number of rotatable bonds is 3. The Hall–Kier alpha value is -2.95. The number of amides is 1. The van der Waals surface area contributed by atoms with Crippen LogP contribution in [0.5, 0.6) is 5.88 Å². The number of ether oxygens (including phenoxy) is 1. The van der Waals surface area contributed by atoms with Crippen LogP contribution >= 0.6 is 0 Å². The van der Waals surface area contributed by atoms with Gasteiger partial charge in [-0.05, 0) is 55.3 Å². The number of hydrogen-bond acceptors (Lipinski definition) is 4. The summed E-state index contributed by atoms with van der Waals surface area (Å²) in [6.07, 6.45) is 3.36. The Morgan fingerprint density at radius 2 is 1.92 bits per heavy atom. The number of pyridine rings is 2. The van der Waals surface area contributed by atoms with E-state index in [9.17, 15) is 4.79 Å². The fourth-order valence-corrected chi connectivity index (χ4v) is 2.78. The highest BCUT2D eigenvalue weighted by molar-refractivity contribution is 6.13. The molecule has 0 radical (unpaired) electrons. The van der Waals surface area contributed by atoms with E-state index in [0.717, 1.165) is 16.5 Å². The highest BCUT2D eigenvalue weighted by Crippen LogP contribution is 2.28. The van der Waals surface area contributed by atoms with E-state index < -0.39 is 0 Å². The summed E-state index contributed by atoms with van der Waals surface area (Å²) in [5.74, 6) is 0.266. The summed E-state index contributed by atoms with van der Waals surface area (Å²) in [5.41, 5.74) is 4.02. The highest BCUT2D eigenvalue weighted by Gasteiger charge is 2.21. The molecule has 5 heteroatoms. The standard InChI is InChI=1S/C19H19N3O2/c1-12-10-14-13(2)7-9-20-17(14)15(11-12)19(23)22(3)16-6-5-8-21-18(16)24-4/h5-11H,1-4H3. The van der Waals surface area contributed by atoms with Gasteiger partial charge in [-0.3, -0.25) is 9.78 Å². The molecule has 0 saturated heterocycles. The van der Waals surface area contributed by atoms with Gasteiger partial charge in [0.05, 0.1) is 18.2 Å². The number of methoxy groups -OCH3 is 1. The SMILES string of the molecule is COc1ncccc1N(C)C(=O)c1cc(C)cc2c(C)ccnc12. The summed E-state index contributed by atoms with van der Waals surface area (Å²) < 4.78 is 5.26. The third kappa shape index (κ3) is 2.69. The fourth-order valence-electron chi connectivity index (χ4n) is 2.78. The second kappa shape index (κ2) is 6.28. The van der Waals surface area contributed by atoms with Crippen molar-refractivity contribution in [3.05, 3.63) is 59.4 Å². The molecule has 0 N–H and O–H groups in total. The molecule has 2 heterocycles. The Morgan fingerprint density at radius 3 is 2.67 bits per heavy atom. The number of carbonyl (C=O) groups is 1. The van der Waals surface area contributed by atoms with Crippen LogP contribution in [0, 0.1) is 13.8 Å². The molecule has 5 nitrogen and oxygen atoms in total. The Balaban J connectivity index is 2.13. The summed E-state index contributed by atoms with van der Waals surface area (Å²) in [6, 6.07) is 9.46. The van der Waals surface area contributed by atoms with Crippen molar-refractivity contribution < 1.29 is 9.53 Å². The first-order valence-corrected chi connectivity index (χ1v) is 7.66. The van der Waals surface area contributed by atoms with Gasteiger partial charge in [0.25, 0.3) is 5.91 Å². The van der Waals surface area contributed by atoms with Crippen LogP contribution in [0.3, 0.4) is 0 Å². The number of nitrogens with zero attached hydrogens (tertiary/aromatic N) is 3. The summed E-state index contributed by atoms with van der Waals surface area (Å²) in [6.45, 7) is 4.00. The van der Waals surface area contributed by atoms with E-state index in [1.807, 2.05) is 26.0 Å². The molecule has 122 valence electrons. The first kappa shape index (κ1) is 15.9. The van der Waals surface area contributed by atoms with Crippen molar-refractivity contribution in [1.29, 1.82) is 0 Å². The average molecular weight is 321 g/mol. The van der Waals surface area contributed by atoms with E-state index in [1.54, 1.807) is 36.5 Å². The largest absolute Gasteiger partial charge is 0.480 e. The average Bonchev–Trinajstić information content (AvgIpc) is 2.60. The van der Waals surface area contributed by atoms with Crippen molar-refractivity contribution in [3.8, 4) is 5.88 Å². The molecule has 0 aliphatic heterocycles. The number of aryl methyl sites for hydroxylation is 2. The first-order valence-electron chi connectivity index (χ1n) is 7.66. The minimum absolute atomic E-state index is 0.145. The van der Waals surface area contributed by atoms with Gasteiger partial charge in [0.2, 0.25) is 5.88 Å². The van der Waals surface area contributed by atoms with E-state index in [2.05, 4.69) is 16.0 Å². The molecular weight excluding hydrogens is 302 g/mol. The molecule has 0 fully saturated rings. The summed E-state index contributed by atoms with van der Waals surface area (Å²) >= 11 is 0. The van der Waals surface area contributed by atoms with Crippen molar-refractivity contribution in [2.45, 2.75) is 13.8 Å². The molecule has 24 heavy (non-hydrogen) atoms. The third-order valence-corrected chi connectivity index (χ3v) is 4.05. The number of anilines is 1. The zero-order valence-electron chi connectivity index (χ0n) is 14.2. The van der Waals surface area contributed by atoms with E-state index in [-0.39, 0.29) is 5.91 Å². The zero-order chi connectivity index (χ0) is 17.3.